The number of rotatable bonds is 8. The van der Waals surface area contributed by atoms with Crippen LogP contribution < -0.4 is 15.5 Å². The Bertz CT molecular complexity index is 1480. The van der Waals surface area contributed by atoms with E-state index in [1.54, 1.807) is 23.1 Å². The second kappa shape index (κ2) is 10.7. The lowest BCUT2D eigenvalue weighted by Crippen LogP contribution is -2.36. The van der Waals surface area contributed by atoms with Crippen LogP contribution in [0.1, 0.15) is 21.7 Å². The summed E-state index contributed by atoms with van der Waals surface area (Å²) < 4.78 is 19.2. The van der Waals surface area contributed by atoms with Gasteiger partial charge < -0.3 is 24.9 Å². The zero-order valence-corrected chi connectivity index (χ0v) is 21.1. The first-order valence-electron chi connectivity index (χ1n) is 12.2. The van der Waals surface area contributed by atoms with E-state index >= 15 is 0 Å². The van der Waals surface area contributed by atoms with E-state index < -0.39 is 5.82 Å². The number of likely N-dealkylation sites (N-methyl/N-ethyl adjacent to an activating group) is 1. The van der Waals surface area contributed by atoms with E-state index in [0.29, 0.717) is 41.3 Å². The number of carbonyl (C=O) groups is 2. The van der Waals surface area contributed by atoms with E-state index in [4.69, 9.17) is 4.42 Å². The minimum absolute atomic E-state index is 0.226. The Kier molecular flexibility index (Phi) is 7.06. The highest BCUT2D eigenvalue weighted by molar-refractivity contribution is 6.37. The second-order valence-electron chi connectivity index (χ2n) is 9.17. The van der Waals surface area contributed by atoms with Crippen LogP contribution in [0.5, 0.6) is 0 Å². The normalized spacial score (nSPS) is 13.7. The van der Waals surface area contributed by atoms with Crippen molar-refractivity contribution >= 4 is 40.1 Å². The number of nitrogens with zero attached hydrogens (tertiary/aromatic N) is 2. The van der Waals surface area contributed by atoms with Gasteiger partial charge in [-0.2, -0.15) is 0 Å². The van der Waals surface area contributed by atoms with Crippen LogP contribution in [0.2, 0.25) is 0 Å². The molecule has 0 atom stereocenters. The van der Waals surface area contributed by atoms with E-state index in [0.717, 1.165) is 11.3 Å². The van der Waals surface area contributed by atoms with Crippen LogP contribution in [0, 0.1) is 5.82 Å². The van der Waals surface area contributed by atoms with Gasteiger partial charge in [0.1, 0.15) is 5.82 Å². The summed E-state index contributed by atoms with van der Waals surface area (Å²) in [7, 11) is 3.90. The molecule has 1 aromatic heterocycles. The van der Waals surface area contributed by atoms with Crippen molar-refractivity contribution in [2.75, 3.05) is 42.7 Å². The van der Waals surface area contributed by atoms with E-state index in [2.05, 4.69) is 10.6 Å². The molecule has 8 heteroatoms. The zero-order chi connectivity index (χ0) is 26.6. The largest absolute Gasteiger partial charge is 0.459 e. The predicted octanol–water partition coefficient (Wildman–Crippen LogP) is 5.56. The van der Waals surface area contributed by atoms with Crippen molar-refractivity contribution in [3.05, 3.63) is 114 Å². The summed E-state index contributed by atoms with van der Waals surface area (Å²) in [5, 5.41) is 6.15. The maximum absolute atomic E-state index is 13.8. The molecule has 0 spiro atoms. The molecule has 0 aliphatic carbocycles. The first-order chi connectivity index (χ1) is 18.4. The van der Waals surface area contributed by atoms with Crippen LogP contribution in [-0.4, -0.2) is 43.9 Å². The SMILES string of the molecule is CN(C)CCN(C(=O)c1ccco1)c1ccc(NC(=C2C(=O)Nc3cc(F)ccc32)c2ccccc2)cc1. The van der Waals surface area contributed by atoms with Gasteiger partial charge in [0.2, 0.25) is 0 Å². The van der Waals surface area contributed by atoms with Crippen LogP contribution >= 0.6 is 0 Å². The number of hydrogen-bond acceptors (Lipinski definition) is 5. The molecule has 1 aliphatic rings. The number of hydrogen-bond donors (Lipinski definition) is 2. The number of amides is 2. The molecular formula is C30H27FN4O3. The first-order valence-corrected chi connectivity index (χ1v) is 12.2. The maximum Gasteiger partial charge on any atom is 0.293 e. The quantitative estimate of drug-likeness (QED) is 0.304. The van der Waals surface area contributed by atoms with Gasteiger partial charge in [-0.1, -0.05) is 30.3 Å². The molecule has 2 N–H and O–H groups in total. The molecule has 3 aromatic carbocycles. The summed E-state index contributed by atoms with van der Waals surface area (Å²) in [4.78, 5) is 29.8. The number of benzene rings is 3. The molecule has 0 saturated carbocycles. The summed E-state index contributed by atoms with van der Waals surface area (Å²) >= 11 is 0. The minimum atomic E-state index is -0.418. The number of carbonyl (C=O) groups excluding carboxylic acids is 2. The fraction of sp³-hybridized carbons (Fsp3) is 0.133. The molecule has 0 bridgehead atoms. The van der Waals surface area contributed by atoms with Crippen LogP contribution in [0.4, 0.5) is 21.5 Å². The third-order valence-electron chi connectivity index (χ3n) is 6.23. The lowest BCUT2D eigenvalue weighted by Gasteiger charge is -2.24. The van der Waals surface area contributed by atoms with Crippen molar-refractivity contribution in [1.29, 1.82) is 0 Å². The van der Waals surface area contributed by atoms with E-state index in [-0.39, 0.29) is 17.6 Å². The highest BCUT2D eigenvalue weighted by Crippen LogP contribution is 2.38. The standard InChI is InChI=1S/C30H27FN4O3/c1-34(2)16-17-35(30(37)26-9-6-18-38-26)23-13-11-22(12-14-23)32-28(20-7-4-3-5-8-20)27-24-15-10-21(31)19-25(24)33-29(27)36/h3-15,18-19,32H,16-17H2,1-2H3,(H,33,36). The summed E-state index contributed by atoms with van der Waals surface area (Å²) in [5.41, 5.74) is 4.32. The van der Waals surface area contributed by atoms with Crippen molar-refractivity contribution in [2.24, 2.45) is 0 Å². The van der Waals surface area contributed by atoms with E-state index in [9.17, 15) is 14.0 Å². The Morgan fingerprint density at radius 1 is 0.947 bits per heavy atom. The Morgan fingerprint density at radius 2 is 1.71 bits per heavy atom. The molecular weight excluding hydrogens is 483 g/mol. The highest BCUT2D eigenvalue weighted by Gasteiger charge is 2.29. The van der Waals surface area contributed by atoms with Gasteiger partial charge in [0, 0.05) is 30.0 Å². The molecule has 0 unspecified atom stereocenters. The monoisotopic (exact) mass is 510 g/mol. The molecule has 7 nitrogen and oxygen atoms in total. The molecule has 0 fully saturated rings. The third-order valence-corrected chi connectivity index (χ3v) is 6.23. The summed E-state index contributed by atoms with van der Waals surface area (Å²) in [5.74, 6) is -0.689. The van der Waals surface area contributed by atoms with Gasteiger partial charge in [0.25, 0.3) is 11.8 Å². The van der Waals surface area contributed by atoms with Crippen molar-refractivity contribution in [3.8, 4) is 0 Å². The van der Waals surface area contributed by atoms with E-state index in [1.165, 1.54) is 18.4 Å². The second-order valence-corrected chi connectivity index (χ2v) is 9.17. The number of anilines is 3. The maximum atomic E-state index is 13.8. The minimum Gasteiger partial charge on any atom is -0.459 e. The number of fused-ring (bicyclic) bond motifs is 1. The average Bonchev–Trinajstić information content (AvgIpc) is 3.56. The molecule has 2 amide bonds. The molecule has 0 saturated heterocycles. The number of nitrogens with one attached hydrogen (secondary N) is 2. The van der Waals surface area contributed by atoms with Gasteiger partial charge in [-0.15, -0.1) is 0 Å². The lowest BCUT2D eigenvalue weighted by molar-refractivity contribution is -0.110. The summed E-state index contributed by atoms with van der Waals surface area (Å²) in [6.07, 6.45) is 1.48. The number of halogens is 1. The molecule has 38 heavy (non-hydrogen) atoms. The van der Waals surface area contributed by atoms with Crippen molar-refractivity contribution < 1.29 is 18.4 Å². The Hall–Kier alpha value is -4.69. The Labute approximate surface area is 220 Å². The lowest BCUT2D eigenvalue weighted by atomic mass is 10.00. The van der Waals surface area contributed by atoms with Crippen molar-refractivity contribution in [3.63, 3.8) is 0 Å². The van der Waals surface area contributed by atoms with Gasteiger partial charge >= 0.3 is 0 Å². The van der Waals surface area contributed by atoms with Crippen LogP contribution in [0.25, 0.3) is 11.3 Å². The fourth-order valence-corrected chi connectivity index (χ4v) is 4.33. The van der Waals surface area contributed by atoms with Gasteiger partial charge in [-0.3, -0.25) is 9.59 Å². The molecule has 2 heterocycles. The smallest absolute Gasteiger partial charge is 0.293 e. The van der Waals surface area contributed by atoms with Gasteiger partial charge in [-0.05, 0) is 74.3 Å². The Balaban J connectivity index is 1.49. The third kappa shape index (κ3) is 5.21. The highest BCUT2D eigenvalue weighted by atomic mass is 19.1. The van der Waals surface area contributed by atoms with Crippen LogP contribution in [0.15, 0.2) is 95.6 Å². The first kappa shape index (κ1) is 25.0. The summed E-state index contributed by atoms with van der Waals surface area (Å²) in [6.45, 7) is 1.15. The van der Waals surface area contributed by atoms with Gasteiger partial charge in [-0.25, -0.2) is 4.39 Å². The average molecular weight is 511 g/mol. The van der Waals surface area contributed by atoms with Crippen LogP contribution in [0.3, 0.4) is 0 Å². The zero-order valence-electron chi connectivity index (χ0n) is 21.1. The van der Waals surface area contributed by atoms with Gasteiger partial charge in [0.05, 0.1) is 23.2 Å². The van der Waals surface area contributed by atoms with E-state index in [1.807, 2.05) is 73.6 Å². The number of furan rings is 1. The van der Waals surface area contributed by atoms with Crippen molar-refractivity contribution in [1.82, 2.24) is 4.90 Å². The molecule has 4 aromatic rings. The van der Waals surface area contributed by atoms with Gasteiger partial charge in [0.15, 0.2) is 5.76 Å². The molecule has 1 aliphatic heterocycles. The van der Waals surface area contributed by atoms with Crippen molar-refractivity contribution in [2.45, 2.75) is 0 Å². The van der Waals surface area contributed by atoms with Crippen LogP contribution in [-0.2, 0) is 4.79 Å². The predicted molar refractivity (Wildman–Crippen MR) is 147 cm³/mol. The molecule has 0 radical (unpaired) electrons. The topological polar surface area (TPSA) is 77.8 Å². The fourth-order valence-electron chi connectivity index (χ4n) is 4.33. The Morgan fingerprint density at radius 3 is 2.39 bits per heavy atom. The molecule has 5 rings (SSSR count). The summed E-state index contributed by atoms with van der Waals surface area (Å²) in [6, 6.07) is 24.5. The molecule has 192 valence electrons.